The maximum Gasteiger partial charge on any atom is 0.416 e. The first-order chi connectivity index (χ1) is 19.9. The van der Waals surface area contributed by atoms with Crippen LogP contribution in [-0.4, -0.2) is 53.4 Å². The summed E-state index contributed by atoms with van der Waals surface area (Å²) in [5, 5.41) is 20.1. The van der Waals surface area contributed by atoms with Crippen molar-refractivity contribution in [1.29, 1.82) is 0 Å². The van der Waals surface area contributed by atoms with Crippen molar-refractivity contribution in [2.24, 2.45) is 0 Å². The average molecular weight is 614 g/mol. The molecule has 4 rings (SSSR count). The van der Waals surface area contributed by atoms with E-state index in [1.54, 1.807) is 17.9 Å². The Bertz CT molecular complexity index is 1490. The molecule has 3 aromatic rings. The van der Waals surface area contributed by atoms with Crippen LogP contribution < -0.4 is 9.80 Å². The van der Waals surface area contributed by atoms with Crippen molar-refractivity contribution in [3.8, 4) is 11.1 Å². The van der Waals surface area contributed by atoms with Crippen molar-refractivity contribution >= 4 is 17.4 Å². The molecule has 6 nitrogen and oxygen atoms in total. The summed E-state index contributed by atoms with van der Waals surface area (Å²) in [6.45, 7) is 4.10. The van der Waals surface area contributed by atoms with Crippen molar-refractivity contribution in [3.63, 3.8) is 0 Å². The van der Waals surface area contributed by atoms with Gasteiger partial charge in [0.25, 0.3) is 0 Å². The van der Waals surface area contributed by atoms with Gasteiger partial charge in [0.15, 0.2) is 0 Å². The highest BCUT2D eigenvalue weighted by molar-refractivity contribution is 6.03. The van der Waals surface area contributed by atoms with E-state index in [1.807, 2.05) is 0 Å². The van der Waals surface area contributed by atoms with Crippen LogP contribution in [0.5, 0.6) is 0 Å². The van der Waals surface area contributed by atoms with E-state index in [9.17, 15) is 45.7 Å². The Labute approximate surface area is 243 Å². The average Bonchev–Trinajstić information content (AvgIpc) is 3.32. The van der Waals surface area contributed by atoms with Gasteiger partial charge in [-0.05, 0) is 80.3 Å². The molecule has 2 N–H and O–H groups in total. The second kappa shape index (κ2) is 11.4. The number of aromatic nitrogens is 1. The quantitative estimate of drug-likeness (QED) is 0.329. The number of carbonyl (C=O) groups excluding carboxylic acids is 1. The van der Waals surface area contributed by atoms with Gasteiger partial charge in [-0.15, -0.1) is 0 Å². The van der Waals surface area contributed by atoms with Crippen molar-refractivity contribution in [3.05, 3.63) is 76.7 Å². The lowest BCUT2D eigenvalue weighted by molar-refractivity contribution is -0.143. The van der Waals surface area contributed by atoms with Gasteiger partial charge in [-0.3, -0.25) is 4.79 Å². The number of amides is 1. The van der Waals surface area contributed by atoms with Gasteiger partial charge >= 0.3 is 12.4 Å². The van der Waals surface area contributed by atoms with Crippen molar-refractivity contribution < 1.29 is 45.7 Å². The number of rotatable bonds is 6. The van der Waals surface area contributed by atoms with E-state index in [0.29, 0.717) is 47.6 Å². The highest BCUT2D eigenvalue weighted by Crippen LogP contribution is 2.41. The van der Waals surface area contributed by atoms with Gasteiger partial charge in [0, 0.05) is 19.2 Å². The Kier molecular flexibility index (Phi) is 8.55. The van der Waals surface area contributed by atoms with E-state index in [1.165, 1.54) is 45.3 Å². The number of hydrogen-bond acceptors (Lipinski definition) is 5. The number of pyridine rings is 1. The van der Waals surface area contributed by atoms with Gasteiger partial charge in [-0.25, -0.2) is 9.37 Å². The van der Waals surface area contributed by atoms with Crippen molar-refractivity contribution in [2.45, 2.75) is 57.1 Å². The smallest absolute Gasteiger partial charge is 0.394 e. The van der Waals surface area contributed by atoms with Crippen LogP contribution in [0, 0.1) is 12.7 Å². The van der Waals surface area contributed by atoms with Gasteiger partial charge in [0.05, 0.1) is 47.2 Å². The number of hydrogen-bond donors (Lipinski definition) is 2. The molecule has 1 aliphatic heterocycles. The van der Waals surface area contributed by atoms with Crippen LogP contribution in [0.2, 0.25) is 0 Å². The molecule has 0 radical (unpaired) electrons. The molecule has 2 aromatic carbocycles. The molecule has 2 atom stereocenters. The molecule has 1 amide bonds. The van der Waals surface area contributed by atoms with Gasteiger partial charge in [-0.1, -0.05) is 6.07 Å². The van der Waals surface area contributed by atoms with Crippen LogP contribution in [0.1, 0.15) is 42.5 Å². The summed E-state index contributed by atoms with van der Waals surface area (Å²) in [4.78, 5) is 21.0. The first kappa shape index (κ1) is 32.2. The molecular weight excluding hydrogens is 583 g/mol. The maximum absolute atomic E-state index is 14.4. The van der Waals surface area contributed by atoms with E-state index in [0.717, 1.165) is 4.90 Å². The van der Waals surface area contributed by atoms with E-state index < -0.39 is 58.3 Å². The Morgan fingerprint density at radius 2 is 1.56 bits per heavy atom. The third-order valence-electron chi connectivity index (χ3n) is 7.86. The maximum atomic E-state index is 14.4. The summed E-state index contributed by atoms with van der Waals surface area (Å²) in [6.07, 6.45) is -9.39. The van der Waals surface area contributed by atoms with Crippen LogP contribution in [0.3, 0.4) is 0 Å². The first-order valence-corrected chi connectivity index (χ1v) is 13.3. The molecule has 1 aliphatic rings. The monoisotopic (exact) mass is 613 g/mol. The summed E-state index contributed by atoms with van der Waals surface area (Å²) < 4.78 is 95.8. The lowest BCUT2D eigenvalue weighted by Crippen LogP contribution is -2.42. The number of aliphatic hydroxyl groups is 2. The standard InChI is InChI=1S/C30H30F7N3O3/c1-16-5-6-20(31)12-21(16)22-13-26(40-8-7-25(42)24(40)15-41)38-14-23(22)39(4)27(43)28(2,3)17-9-18(29(32,33)34)11-19(10-17)30(35,36)37/h5-6,9-14,24-25,41-42H,7-8,15H2,1-4H3/t24-,25+/m1/s1. The molecule has 2 heterocycles. The number of aliphatic hydroxyl groups excluding tert-OH is 2. The highest BCUT2D eigenvalue weighted by Gasteiger charge is 2.41. The summed E-state index contributed by atoms with van der Waals surface area (Å²) in [5.41, 5.74) is -4.11. The van der Waals surface area contributed by atoms with Gasteiger partial charge in [0.1, 0.15) is 11.6 Å². The fourth-order valence-electron chi connectivity index (χ4n) is 5.27. The molecule has 1 aromatic heterocycles. The Hall–Kier alpha value is -3.71. The molecule has 0 spiro atoms. The number of likely N-dealkylation sites (N-methyl/N-ethyl adjacent to an activating group) is 1. The highest BCUT2D eigenvalue weighted by atomic mass is 19.4. The fourth-order valence-corrected chi connectivity index (χ4v) is 5.27. The van der Waals surface area contributed by atoms with E-state index in [4.69, 9.17) is 0 Å². The minimum absolute atomic E-state index is 0.00379. The number of nitrogens with zero attached hydrogens (tertiary/aromatic N) is 3. The summed E-state index contributed by atoms with van der Waals surface area (Å²) in [6, 6.07) is 5.90. The van der Waals surface area contributed by atoms with E-state index >= 15 is 0 Å². The zero-order chi connectivity index (χ0) is 32.1. The predicted octanol–water partition coefficient (Wildman–Crippen LogP) is 6.11. The van der Waals surface area contributed by atoms with E-state index in [-0.39, 0.29) is 18.4 Å². The molecular formula is C30H30F7N3O3. The van der Waals surface area contributed by atoms with Crippen LogP contribution in [0.25, 0.3) is 11.1 Å². The summed E-state index contributed by atoms with van der Waals surface area (Å²) in [5.74, 6) is -1.13. The van der Waals surface area contributed by atoms with Crippen LogP contribution in [0.4, 0.5) is 42.2 Å². The Morgan fingerprint density at radius 3 is 2.12 bits per heavy atom. The predicted molar refractivity (Wildman–Crippen MR) is 146 cm³/mol. The van der Waals surface area contributed by atoms with Crippen molar-refractivity contribution in [1.82, 2.24) is 4.98 Å². The SMILES string of the molecule is Cc1ccc(F)cc1-c1cc(N2CC[C@H](O)[C@H]2CO)ncc1N(C)C(=O)C(C)(C)c1cc(C(F)(F)F)cc(C(F)(F)F)c1. The second-order valence-electron chi connectivity index (χ2n) is 11.1. The van der Waals surface area contributed by atoms with Gasteiger partial charge in [0.2, 0.25) is 5.91 Å². The van der Waals surface area contributed by atoms with Crippen LogP contribution in [-0.2, 0) is 22.6 Å². The molecule has 13 heteroatoms. The first-order valence-electron chi connectivity index (χ1n) is 13.3. The summed E-state index contributed by atoms with van der Waals surface area (Å²) >= 11 is 0. The number of anilines is 2. The topological polar surface area (TPSA) is 76.9 Å². The molecule has 1 fully saturated rings. The van der Waals surface area contributed by atoms with E-state index in [2.05, 4.69) is 4.98 Å². The van der Waals surface area contributed by atoms with Crippen LogP contribution >= 0.6 is 0 Å². The summed E-state index contributed by atoms with van der Waals surface area (Å²) in [7, 11) is 1.30. The molecule has 0 bridgehead atoms. The Morgan fingerprint density at radius 1 is 0.977 bits per heavy atom. The van der Waals surface area contributed by atoms with Crippen LogP contribution in [0.15, 0.2) is 48.7 Å². The number of aryl methyl sites for hydroxylation is 1. The molecule has 0 unspecified atom stereocenters. The number of alkyl halides is 6. The number of halogens is 7. The number of benzene rings is 2. The minimum atomic E-state index is -5.10. The lowest BCUT2D eigenvalue weighted by atomic mass is 9.81. The molecule has 1 saturated heterocycles. The molecule has 43 heavy (non-hydrogen) atoms. The third-order valence-corrected chi connectivity index (χ3v) is 7.86. The van der Waals surface area contributed by atoms with Crippen molar-refractivity contribution in [2.75, 3.05) is 30.0 Å². The lowest BCUT2D eigenvalue weighted by Gasteiger charge is -2.32. The third kappa shape index (κ3) is 6.32. The molecule has 0 aliphatic carbocycles. The normalized spacial score (nSPS) is 17.8. The number of carbonyl (C=O) groups is 1. The molecule has 232 valence electrons. The zero-order valence-corrected chi connectivity index (χ0v) is 23.7. The largest absolute Gasteiger partial charge is 0.416 e. The minimum Gasteiger partial charge on any atom is -0.394 e. The second-order valence-corrected chi connectivity index (χ2v) is 11.1. The zero-order valence-electron chi connectivity index (χ0n) is 23.7. The van der Waals surface area contributed by atoms with Gasteiger partial charge in [-0.2, -0.15) is 26.3 Å². The molecule has 0 saturated carbocycles. The van der Waals surface area contributed by atoms with Gasteiger partial charge < -0.3 is 20.0 Å². The fraction of sp³-hybridized carbons (Fsp3) is 0.400. The Balaban J connectivity index is 1.84.